The molecule has 1 amide bonds. The Balaban J connectivity index is 1.77. The zero-order valence-electron chi connectivity index (χ0n) is 11.8. The van der Waals surface area contributed by atoms with E-state index < -0.39 is 17.5 Å². The summed E-state index contributed by atoms with van der Waals surface area (Å²) in [6, 6.07) is 7.00. The number of hydrogen-bond acceptors (Lipinski definition) is 2. The van der Waals surface area contributed by atoms with Crippen LogP contribution in [-0.2, 0) is 6.54 Å². The van der Waals surface area contributed by atoms with Gasteiger partial charge in [0.25, 0.3) is 5.91 Å². The monoisotopic (exact) mass is 301 g/mol. The molecule has 0 aliphatic rings. The van der Waals surface area contributed by atoms with Crippen LogP contribution in [0.5, 0.6) is 0 Å². The van der Waals surface area contributed by atoms with Crippen molar-refractivity contribution in [3.63, 3.8) is 0 Å². The first-order chi connectivity index (χ1) is 10.5. The van der Waals surface area contributed by atoms with Gasteiger partial charge >= 0.3 is 0 Å². The van der Waals surface area contributed by atoms with E-state index in [1.54, 1.807) is 16.8 Å². The number of imidazole rings is 1. The van der Waals surface area contributed by atoms with Gasteiger partial charge in [0, 0.05) is 30.6 Å². The predicted molar refractivity (Wildman–Crippen MR) is 77.5 cm³/mol. The number of carbonyl (C=O) groups excluding carboxylic acids is 1. The lowest BCUT2D eigenvalue weighted by molar-refractivity contribution is 0.0946. The van der Waals surface area contributed by atoms with Crippen LogP contribution in [0.3, 0.4) is 0 Å². The number of aryl methyl sites for hydroxylation is 1. The number of pyridine rings is 1. The number of benzene rings is 1. The zero-order chi connectivity index (χ0) is 15.7. The van der Waals surface area contributed by atoms with Gasteiger partial charge < -0.3 is 9.72 Å². The van der Waals surface area contributed by atoms with Gasteiger partial charge in [-0.25, -0.2) is 13.8 Å². The normalized spacial score (nSPS) is 10.9. The van der Waals surface area contributed by atoms with Gasteiger partial charge in [0.05, 0.1) is 0 Å². The molecule has 112 valence electrons. The summed E-state index contributed by atoms with van der Waals surface area (Å²) < 4.78 is 28.1. The van der Waals surface area contributed by atoms with Crippen LogP contribution in [-0.4, -0.2) is 15.3 Å². The van der Waals surface area contributed by atoms with E-state index in [2.05, 4.69) is 10.3 Å². The summed E-state index contributed by atoms with van der Waals surface area (Å²) in [5.74, 6) is -1.75. The van der Waals surface area contributed by atoms with Crippen molar-refractivity contribution in [3.05, 3.63) is 71.2 Å². The highest BCUT2D eigenvalue weighted by Crippen LogP contribution is 2.11. The van der Waals surface area contributed by atoms with Crippen LogP contribution < -0.4 is 5.32 Å². The van der Waals surface area contributed by atoms with E-state index in [4.69, 9.17) is 0 Å². The summed E-state index contributed by atoms with van der Waals surface area (Å²) in [5, 5.41) is 2.58. The van der Waals surface area contributed by atoms with E-state index in [0.29, 0.717) is 5.65 Å². The number of fused-ring (bicyclic) bond motifs is 1. The van der Waals surface area contributed by atoms with Gasteiger partial charge in [0.2, 0.25) is 0 Å². The van der Waals surface area contributed by atoms with Crippen molar-refractivity contribution in [2.24, 2.45) is 0 Å². The molecule has 0 saturated heterocycles. The van der Waals surface area contributed by atoms with E-state index in [9.17, 15) is 13.6 Å². The molecule has 0 aliphatic carbocycles. The number of nitrogens with zero attached hydrogens (tertiary/aromatic N) is 2. The maximum absolute atomic E-state index is 13.5. The van der Waals surface area contributed by atoms with Crippen LogP contribution in [0.15, 0.2) is 42.7 Å². The first-order valence-electron chi connectivity index (χ1n) is 6.71. The molecule has 1 aromatic carbocycles. The summed E-state index contributed by atoms with van der Waals surface area (Å²) in [6.07, 6.45) is 3.41. The van der Waals surface area contributed by atoms with E-state index in [1.807, 2.05) is 19.1 Å². The van der Waals surface area contributed by atoms with Crippen LogP contribution in [0.4, 0.5) is 8.78 Å². The van der Waals surface area contributed by atoms with Crippen LogP contribution in [0.2, 0.25) is 0 Å². The Morgan fingerprint density at radius 2 is 2.14 bits per heavy atom. The molecule has 3 rings (SSSR count). The van der Waals surface area contributed by atoms with Crippen LogP contribution in [0, 0.1) is 18.6 Å². The van der Waals surface area contributed by atoms with Crippen molar-refractivity contribution in [3.8, 4) is 0 Å². The fourth-order valence-electron chi connectivity index (χ4n) is 2.19. The molecule has 4 nitrogen and oxygen atoms in total. The van der Waals surface area contributed by atoms with Gasteiger partial charge in [-0.15, -0.1) is 0 Å². The molecule has 2 aromatic heterocycles. The second kappa shape index (κ2) is 5.55. The quantitative estimate of drug-likeness (QED) is 0.808. The third-order valence-corrected chi connectivity index (χ3v) is 3.37. The van der Waals surface area contributed by atoms with Crippen LogP contribution in [0.25, 0.3) is 5.65 Å². The van der Waals surface area contributed by atoms with E-state index in [-0.39, 0.29) is 17.8 Å². The second-order valence-electron chi connectivity index (χ2n) is 4.97. The SMILES string of the molecule is Cc1cccn2cc(C(=O)NCc3ccc(F)cc3F)nc12. The number of rotatable bonds is 3. The molecule has 6 heteroatoms. The molecule has 0 radical (unpaired) electrons. The fraction of sp³-hybridized carbons (Fsp3) is 0.125. The number of hydrogen-bond donors (Lipinski definition) is 1. The van der Waals surface area contributed by atoms with Crippen molar-refractivity contribution in [2.45, 2.75) is 13.5 Å². The Hall–Kier alpha value is -2.76. The van der Waals surface area contributed by atoms with Crippen molar-refractivity contribution in [2.75, 3.05) is 0 Å². The molecular weight excluding hydrogens is 288 g/mol. The molecule has 1 N–H and O–H groups in total. The highest BCUT2D eigenvalue weighted by atomic mass is 19.1. The van der Waals surface area contributed by atoms with Crippen LogP contribution >= 0.6 is 0 Å². The smallest absolute Gasteiger partial charge is 0.271 e. The summed E-state index contributed by atoms with van der Waals surface area (Å²) in [5.41, 5.74) is 2.11. The molecule has 2 heterocycles. The minimum atomic E-state index is -0.689. The molecule has 0 spiro atoms. The molecule has 3 aromatic rings. The molecular formula is C16H13F2N3O. The van der Waals surface area contributed by atoms with Gasteiger partial charge in [-0.2, -0.15) is 0 Å². The molecule has 0 aliphatic heterocycles. The summed E-state index contributed by atoms with van der Waals surface area (Å²) in [7, 11) is 0. The minimum absolute atomic E-state index is 0.0300. The van der Waals surface area contributed by atoms with E-state index in [1.165, 1.54) is 6.07 Å². The van der Waals surface area contributed by atoms with Gasteiger partial charge in [0.1, 0.15) is 23.0 Å². The average Bonchev–Trinajstić information content (AvgIpc) is 2.92. The third kappa shape index (κ3) is 2.67. The average molecular weight is 301 g/mol. The minimum Gasteiger partial charge on any atom is -0.346 e. The van der Waals surface area contributed by atoms with Crippen molar-refractivity contribution in [1.29, 1.82) is 0 Å². The Kier molecular flexibility index (Phi) is 3.58. The highest BCUT2D eigenvalue weighted by molar-refractivity contribution is 5.92. The third-order valence-electron chi connectivity index (χ3n) is 3.37. The molecule has 0 saturated carbocycles. The van der Waals surface area contributed by atoms with Crippen molar-refractivity contribution >= 4 is 11.6 Å². The number of nitrogens with one attached hydrogen (secondary N) is 1. The molecule has 0 unspecified atom stereocenters. The number of aromatic nitrogens is 2. The topological polar surface area (TPSA) is 46.4 Å². The molecule has 22 heavy (non-hydrogen) atoms. The van der Waals surface area contributed by atoms with Gasteiger partial charge in [-0.3, -0.25) is 4.79 Å². The first-order valence-corrected chi connectivity index (χ1v) is 6.71. The number of halogens is 2. The largest absolute Gasteiger partial charge is 0.346 e. The lowest BCUT2D eigenvalue weighted by Gasteiger charge is -2.04. The van der Waals surface area contributed by atoms with Crippen molar-refractivity contribution < 1.29 is 13.6 Å². The first kappa shape index (κ1) is 14.2. The predicted octanol–water partition coefficient (Wildman–Crippen LogP) is 2.85. The second-order valence-corrected chi connectivity index (χ2v) is 4.97. The molecule has 0 fully saturated rings. The molecule has 0 bridgehead atoms. The van der Waals surface area contributed by atoms with Gasteiger partial charge in [-0.1, -0.05) is 12.1 Å². The zero-order valence-corrected chi connectivity index (χ0v) is 11.8. The van der Waals surface area contributed by atoms with Crippen LogP contribution in [0.1, 0.15) is 21.6 Å². The maximum Gasteiger partial charge on any atom is 0.271 e. The molecule has 0 atom stereocenters. The Morgan fingerprint density at radius 3 is 2.86 bits per heavy atom. The standard InChI is InChI=1S/C16H13F2N3O/c1-10-3-2-6-21-9-14(20-15(10)21)16(22)19-8-11-4-5-12(17)7-13(11)18/h2-7,9H,8H2,1H3,(H,19,22). The van der Waals surface area contributed by atoms with Crippen molar-refractivity contribution in [1.82, 2.24) is 14.7 Å². The maximum atomic E-state index is 13.5. The number of carbonyl (C=O) groups is 1. The van der Waals surface area contributed by atoms with Gasteiger partial charge in [-0.05, 0) is 24.6 Å². The van der Waals surface area contributed by atoms with E-state index >= 15 is 0 Å². The summed E-state index contributed by atoms with van der Waals surface area (Å²) >= 11 is 0. The Bertz CT molecular complexity index is 858. The summed E-state index contributed by atoms with van der Waals surface area (Å²) in [6.45, 7) is 1.87. The lowest BCUT2D eigenvalue weighted by Crippen LogP contribution is -2.23. The fourth-order valence-corrected chi connectivity index (χ4v) is 2.19. The highest BCUT2D eigenvalue weighted by Gasteiger charge is 2.12. The Labute approximate surface area is 125 Å². The Morgan fingerprint density at radius 1 is 1.32 bits per heavy atom. The lowest BCUT2D eigenvalue weighted by atomic mass is 10.2. The number of amides is 1. The van der Waals surface area contributed by atoms with E-state index in [0.717, 1.165) is 17.7 Å². The van der Waals surface area contributed by atoms with Gasteiger partial charge in [0.15, 0.2) is 0 Å². The summed E-state index contributed by atoms with van der Waals surface area (Å²) in [4.78, 5) is 16.4.